The number of anilines is 2. The van der Waals surface area contributed by atoms with E-state index in [1.807, 2.05) is 48.6 Å². The molecule has 4 aromatic carbocycles. The molecule has 0 saturated carbocycles. The molecule has 0 amide bonds. The summed E-state index contributed by atoms with van der Waals surface area (Å²) >= 11 is 4.55. The number of hydrogen-bond donors (Lipinski definition) is 4. The van der Waals surface area contributed by atoms with Gasteiger partial charge in [-0.3, -0.25) is 4.79 Å². The molecule has 1 unspecified atom stereocenters. The normalized spacial score (nSPS) is 16.7. The topological polar surface area (TPSA) is 128 Å². The lowest BCUT2D eigenvalue weighted by molar-refractivity contribution is 0.112. The Bertz CT molecular complexity index is 1840. The first-order valence-corrected chi connectivity index (χ1v) is 14.5. The molecule has 0 radical (unpaired) electrons. The van der Waals surface area contributed by atoms with E-state index in [1.165, 1.54) is 0 Å². The molecule has 1 atom stereocenters. The summed E-state index contributed by atoms with van der Waals surface area (Å²) in [6.07, 6.45) is 9.05. The van der Waals surface area contributed by atoms with Gasteiger partial charge in [-0.25, -0.2) is 0 Å². The predicted octanol–water partition coefficient (Wildman–Crippen LogP) is 8.15. The van der Waals surface area contributed by atoms with E-state index in [-0.39, 0.29) is 17.4 Å². The van der Waals surface area contributed by atoms with Crippen LogP contribution in [0.3, 0.4) is 0 Å². The summed E-state index contributed by atoms with van der Waals surface area (Å²) in [7, 11) is 0. The van der Waals surface area contributed by atoms with Gasteiger partial charge in [0.05, 0.1) is 17.1 Å². The Balaban J connectivity index is 1.34. The lowest BCUT2D eigenvalue weighted by atomic mass is 10.0. The van der Waals surface area contributed by atoms with Gasteiger partial charge in [0.25, 0.3) is 0 Å². The number of phenolic OH excluding ortho intramolecular Hbond substituents is 1. The van der Waals surface area contributed by atoms with Gasteiger partial charge in [-0.05, 0) is 59.8 Å². The monoisotopic (exact) mass is 589 g/mol. The number of phenols is 1. The molecule has 6 rings (SSSR count). The van der Waals surface area contributed by atoms with Crippen molar-refractivity contribution in [3.63, 3.8) is 0 Å². The van der Waals surface area contributed by atoms with Crippen molar-refractivity contribution in [2.75, 3.05) is 36.8 Å². The highest BCUT2D eigenvalue weighted by molar-refractivity contribution is 7.80. The highest BCUT2D eigenvalue weighted by atomic mass is 32.1. The van der Waals surface area contributed by atoms with Crippen LogP contribution in [0.5, 0.6) is 5.75 Å². The number of thiol groups is 1. The number of nitrogens with one attached hydrogen (secondary N) is 1. The minimum Gasteiger partial charge on any atom is -0.505 e. The van der Waals surface area contributed by atoms with Crippen molar-refractivity contribution in [3.05, 3.63) is 83.4 Å². The number of aromatic hydroxyl groups is 1. The number of nitrogen functional groups attached to an aromatic ring is 1. The second-order valence-electron chi connectivity index (χ2n) is 10.6. The standard InChI is InChI=1S/C33H31N7O2S/c1-20-2-7-25-26(8-3-20)29(38-39-32-31(43)17-21-4-5-23(34)18-27(21)33(32)42)10-9-28(25)37-36-24-6-11-30(22(16-24)19-41)40-14-12-35-13-15-40/h2-11,16-20,35,42-43H,12-15,34H2,1H3. The summed E-state index contributed by atoms with van der Waals surface area (Å²) in [5.74, 6) is 0.172. The van der Waals surface area contributed by atoms with Crippen molar-refractivity contribution in [3.8, 4) is 5.75 Å². The molecule has 1 saturated heterocycles. The summed E-state index contributed by atoms with van der Waals surface area (Å²) in [6, 6.07) is 16.4. The van der Waals surface area contributed by atoms with Crippen LogP contribution in [-0.4, -0.2) is 37.6 Å². The SMILES string of the molecule is CC1C=Cc2c(N=Nc3ccc(N4CCNCC4)c(C=O)c3)ccc(N=Nc3c(S)cc4ccc(N)cc4c3O)c2C=C1. The molecule has 1 aliphatic heterocycles. The number of hydrogen-bond acceptors (Lipinski definition) is 10. The van der Waals surface area contributed by atoms with Gasteiger partial charge < -0.3 is 21.1 Å². The number of rotatable bonds is 6. The van der Waals surface area contributed by atoms with E-state index < -0.39 is 0 Å². The highest BCUT2D eigenvalue weighted by Gasteiger charge is 2.16. The number of fused-ring (bicyclic) bond motifs is 2. The minimum atomic E-state index is -0.0308. The average molecular weight is 590 g/mol. The van der Waals surface area contributed by atoms with Crippen LogP contribution in [0.1, 0.15) is 28.4 Å². The van der Waals surface area contributed by atoms with Gasteiger partial charge in [0.1, 0.15) is 5.69 Å². The molecule has 1 heterocycles. The van der Waals surface area contributed by atoms with E-state index in [9.17, 15) is 9.90 Å². The first-order valence-electron chi connectivity index (χ1n) is 14.1. The molecule has 43 heavy (non-hydrogen) atoms. The zero-order valence-electron chi connectivity index (χ0n) is 23.6. The van der Waals surface area contributed by atoms with Crippen LogP contribution in [0.25, 0.3) is 22.9 Å². The fraction of sp³-hybridized carbons (Fsp3) is 0.182. The number of nitrogens with zero attached hydrogens (tertiary/aromatic N) is 5. The number of azo groups is 2. The molecule has 9 nitrogen and oxygen atoms in total. The predicted molar refractivity (Wildman–Crippen MR) is 176 cm³/mol. The number of carbonyl (C=O) groups excluding carboxylic acids is 1. The number of aldehydes is 1. The number of benzene rings is 4. The van der Waals surface area contributed by atoms with Gasteiger partial charge in [0, 0.05) is 64.5 Å². The average Bonchev–Trinajstić information content (AvgIpc) is 3.23. The molecule has 1 fully saturated rings. The Labute approximate surface area is 255 Å². The molecular weight excluding hydrogens is 558 g/mol. The molecule has 4 aromatic rings. The number of nitrogens with two attached hydrogens (primary N) is 1. The van der Waals surface area contributed by atoms with Gasteiger partial charge in [0.15, 0.2) is 12.0 Å². The third-order valence-corrected chi connectivity index (χ3v) is 7.93. The lowest BCUT2D eigenvalue weighted by Gasteiger charge is -2.30. The van der Waals surface area contributed by atoms with Gasteiger partial charge >= 0.3 is 0 Å². The fourth-order valence-corrected chi connectivity index (χ4v) is 5.56. The van der Waals surface area contributed by atoms with Gasteiger partial charge in [0.2, 0.25) is 0 Å². The summed E-state index contributed by atoms with van der Waals surface area (Å²) in [4.78, 5) is 14.6. The van der Waals surface area contributed by atoms with Crippen LogP contribution in [-0.2, 0) is 0 Å². The maximum absolute atomic E-state index is 11.9. The van der Waals surface area contributed by atoms with Crippen LogP contribution < -0.4 is 16.0 Å². The molecule has 216 valence electrons. The maximum Gasteiger partial charge on any atom is 0.152 e. The molecule has 4 N–H and O–H groups in total. The van der Waals surface area contributed by atoms with Crippen molar-refractivity contribution in [1.29, 1.82) is 0 Å². The van der Waals surface area contributed by atoms with Gasteiger partial charge in [-0.1, -0.05) is 37.3 Å². The van der Waals surface area contributed by atoms with Crippen molar-refractivity contribution >= 4 is 76.0 Å². The second-order valence-corrected chi connectivity index (χ2v) is 11.1. The molecule has 10 heteroatoms. The van der Waals surface area contributed by atoms with Crippen molar-refractivity contribution in [2.45, 2.75) is 11.8 Å². The maximum atomic E-state index is 11.9. The third kappa shape index (κ3) is 5.93. The van der Waals surface area contributed by atoms with E-state index in [2.05, 4.69) is 62.4 Å². The van der Waals surface area contributed by atoms with E-state index in [0.717, 1.165) is 54.7 Å². The lowest BCUT2D eigenvalue weighted by Crippen LogP contribution is -2.43. The third-order valence-electron chi connectivity index (χ3n) is 7.59. The van der Waals surface area contributed by atoms with E-state index in [0.29, 0.717) is 38.6 Å². The van der Waals surface area contributed by atoms with E-state index >= 15 is 0 Å². The Morgan fingerprint density at radius 1 is 0.930 bits per heavy atom. The molecule has 0 bridgehead atoms. The second kappa shape index (κ2) is 12.2. The van der Waals surface area contributed by atoms with Crippen molar-refractivity contribution < 1.29 is 9.90 Å². The Morgan fingerprint density at radius 3 is 2.33 bits per heavy atom. The molecule has 0 spiro atoms. The minimum absolute atomic E-state index is 0.0308. The number of carbonyl (C=O) groups is 1. The van der Waals surface area contributed by atoms with Crippen LogP contribution in [0, 0.1) is 5.92 Å². The van der Waals surface area contributed by atoms with Crippen LogP contribution in [0.2, 0.25) is 0 Å². The zero-order chi connectivity index (χ0) is 29.9. The van der Waals surface area contributed by atoms with Gasteiger partial charge in [-0.15, -0.1) is 28.0 Å². The molecule has 2 aliphatic rings. The number of allylic oxidation sites excluding steroid dienone is 2. The largest absolute Gasteiger partial charge is 0.505 e. The summed E-state index contributed by atoms with van der Waals surface area (Å²) in [6.45, 7) is 5.55. The summed E-state index contributed by atoms with van der Waals surface area (Å²) in [5.41, 5.74) is 11.8. The van der Waals surface area contributed by atoms with Crippen molar-refractivity contribution in [1.82, 2.24) is 5.32 Å². The molecule has 1 aliphatic carbocycles. The van der Waals surface area contributed by atoms with Crippen LogP contribution in [0.15, 0.2) is 92.1 Å². The van der Waals surface area contributed by atoms with Gasteiger partial charge in [-0.2, -0.15) is 5.11 Å². The smallest absolute Gasteiger partial charge is 0.152 e. The Kier molecular flexibility index (Phi) is 8.04. The molecule has 0 aromatic heterocycles. The first-order chi connectivity index (χ1) is 20.9. The fourth-order valence-electron chi connectivity index (χ4n) is 5.27. The van der Waals surface area contributed by atoms with E-state index in [1.54, 1.807) is 18.2 Å². The zero-order valence-corrected chi connectivity index (χ0v) is 24.5. The summed E-state index contributed by atoms with van der Waals surface area (Å²) in [5, 5.41) is 33.7. The summed E-state index contributed by atoms with van der Waals surface area (Å²) < 4.78 is 0. The van der Waals surface area contributed by atoms with E-state index in [4.69, 9.17) is 5.73 Å². The number of piperazine rings is 1. The first kappa shape index (κ1) is 28.3. The van der Waals surface area contributed by atoms with Crippen LogP contribution in [0.4, 0.5) is 34.1 Å². The Morgan fingerprint density at radius 2 is 1.63 bits per heavy atom. The Hall–Kier alpha value is -4.80. The van der Waals surface area contributed by atoms with Crippen molar-refractivity contribution in [2.24, 2.45) is 26.4 Å². The highest BCUT2D eigenvalue weighted by Crippen LogP contribution is 2.43. The molecular formula is C33H31N7O2S. The van der Waals surface area contributed by atoms with Crippen LogP contribution >= 0.6 is 12.6 Å². The quantitative estimate of drug-likeness (QED) is 0.0781.